The molecule has 2 aliphatic heterocycles. The van der Waals surface area contributed by atoms with Gasteiger partial charge in [-0.3, -0.25) is 4.79 Å². The molecule has 2 fully saturated rings. The fourth-order valence-corrected chi connectivity index (χ4v) is 5.77. The zero-order valence-corrected chi connectivity index (χ0v) is 17.8. The second kappa shape index (κ2) is 9.56. The van der Waals surface area contributed by atoms with Gasteiger partial charge >= 0.3 is 0 Å². The summed E-state index contributed by atoms with van der Waals surface area (Å²) in [7, 11) is -3.62. The first kappa shape index (κ1) is 22.4. The maximum absolute atomic E-state index is 13.0. The minimum absolute atomic E-state index is 0. The second-order valence-electron chi connectivity index (χ2n) is 7.20. The molecule has 0 radical (unpaired) electrons. The topological polar surface area (TPSA) is 78.5 Å². The lowest BCUT2D eigenvalue weighted by molar-refractivity contribution is -0.123. The van der Waals surface area contributed by atoms with E-state index in [-0.39, 0.29) is 40.2 Å². The highest BCUT2D eigenvalue weighted by molar-refractivity contribution is 7.89. The number of rotatable bonds is 5. The number of halogens is 2. The molecule has 152 valence electrons. The number of nitrogens with one attached hydrogen (secondary N) is 2. The van der Waals surface area contributed by atoms with E-state index in [9.17, 15) is 13.2 Å². The Morgan fingerprint density at radius 1 is 1.33 bits per heavy atom. The summed E-state index contributed by atoms with van der Waals surface area (Å²) in [4.78, 5) is 12.3. The Kier molecular flexibility index (Phi) is 7.94. The number of hydrogen-bond donors (Lipinski definition) is 2. The molecule has 2 N–H and O–H groups in total. The molecule has 1 aromatic rings. The molecule has 2 unspecified atom stereocenters. The van der Waals surface area contributed by atoms with Gasteiger partial charge in [-0.1, -0.05) is 17.7 Å². The molecule has 9 heteroatoms. The molecule has 0 bridgehead atoms. The molecular weight excluding hydrogens is 409 g/mol. The lowest BCUT2D eigenvalue weighted by atomic mass is 9.99. The largest absolute Gasteiger partial charge is 0.354 e. The number of sulfonamides is 1. The van der Waals surface area contributed by atoms with Gasteiger partial charge in [0.15, 0.2) is 0 Å². The minimum atomic E-state index is -3.62. The summed E-state index contributed by atoms with van der Waals surface area (Å²) in [6.45, 7) is 4.16. The van der Waals surface area contributed by atoms with Crippen molar-refractivity contribution in [2.45, 2.75) is 43.5 Å². The van der Waals surface area contributed by atoms with Crippen LogP contribution in [0.15, 0.2) is 23.1 Å². The second-order valence-corrected chi connectivity index (χ2v) is 9.51. The SMILES string of the molecule is Cc1ccc(S(=O)(=O)N2CCCC(CNC(=O)C3CCCN3)C2)c(Cl)c1.Cl. The Morgan fingerprint density at radius 2 is 2.11 bits per heavy atom. The summed E-state index contributed by atoms with van der Waals surface area (Å²) >= 11 is 6.18. The Labute approximate surface area is 172 Å². The maximum Gasteiger partial charge on any atom is 0.244 e. The summed E-state index contributed by atoms with van der Waals surface area (Å²) in [5.74, 6) is 0.136. The third-order valence-corrected chi connectivity index (χ3v) is 7.48. The third-order valence-electron chi connectivity index (χ3n) is 5.13. The molecule has 27 heavy (non-hydrogen) atoms. The molecule has 0 aliphatic carbocycles. The smallest absolute Gasteiger partial charge is 0.244 e. The van der Waals surface area contributed by atoms with E-state index >= 15 is 0 Å². The first-order chi connectivity index (χ1) is 12.4. The lowest BCUT2D eigenvalue weighted by Gasteiger charge is -2.32. The fourth-order valence-electron chi connectivity index (χ4n) is 3.64. The summed E-state index contributed by atoms with van der Waals surface area (Å²) in [5.41, 5.74) is 0.925. The van der Waals surface area contributed by atoms with Crippen molar-refractivity contribution in [1.82, 2.24) is 14.9 Å². The van der Waals surface area contributed by atoms with E-state index in [1.54, 1.807) is 18.2 Å². The number of amides is 1. The molecule has 0 aromatic heterocycles. The van der Waals surface area contributed by atoms with Crippen molar-refractivity contribution < 1.29 is 13.2 Å². The molecule has 2 saturated heterocycles. The normalized spacial score (nSPS) is 23.6. The summed E-state index contributed by atoms with van der Waals surface area (Å²) in [5, 5.41) is 6.41. The summed E-state index contributed by atoms with van der Waals surface area (Å²) in [6, 6.07) is 4.90. The standard InChI is InChI=1S/C18H26ClN3O3S.ClH/c1-13-6-7-17(15(19)10-13)26(24,25)22-9-3-4-14(12-22)11-21-18(23)16-5-2-8-20-16;/h6-7,10,14,16,20H,2-5,8-9,11-12H2,1H3,(H,21,23);1H. The van der Waals surface area contributed by atoms with Gasteiger partial charge in [-0.15, -0.1) is 12.4 Å². The molecule has 1 aromatic carbocycles. The van der Waals surface area contributed by atoms with E-state index in [0.717, 1.165) is 37.8 Å². The van der Waals surface area contributed by atoms with E-state index in [2.05, 4.69) is 10.6 Å². The fraction of sp³-hybridized carbons (Fsp3) is 0.611. The van der Waals surface area contributed by atoms with Crippen molar-refractivity contribution in [3.8, 4) is 0 Å². The molecule has 2 atom stereocenters. The Bertz CT molecular complexity index is 767. The van der Waals surface area contributed by atoms with Gasteiger partial charge in [0.05, 0.1) is 11.1 Å². The van der Waals surface area contributed by atoms with Crippen LogP contribution >= 0.6 is 24.0 Å². The molecule has 2 aliphatic rings. The zero-order valence-electron chi connectivity index (χ0n) is 15.4. The molecular formula is C18H27Cl2N3O3S. The monoisotopic (exact) mass is 435 g/mol. The predicted octanol–water partition coefficient (Wildman–Crippen LogP) is 2.34. The molecule has 3 rings (SSSR count). The van der Waals surface area contributed by atoms with Crippen LogP contribution in [-0.2, 0) is 14.8 Å². The van der Waals surface area contributed by atoms with Gasteiger partial charge in [-0.2, -0.15) is 4.31 Å². The van der Waals surface area contributed by atoms with Crippen molar-refractivity contribution in [3.63, 3.8) is 0 Å². The highest BCUT2D eigenvalue weighted by Gasteiger charge is 2.32. The van der Waals surface area contributed by atoms with Crippen molar-refractivity contribution in [2.24, 2.45) is 5.92 Å². The van der Waals surface area contributed by atoms with Crippen molar-refractivity contribution in [1.29, 1.82) is 0 Å². The van der Waals surface area contributed by atoms with Crippen LogP contribution in [0, 0.1) is 12.8 Å². The molecule has 1 amide bonds. The third kappa shape index (κ3) is 5.35. The number of benzene rings is 1. The van der Waals surface area contributed by atoms with Crippen LogP contribution in [0.1, 0.15) is 31.2 Å². The van der Waals surface area contributed by atoms with Crippen LogP contribution in [0.4, 0.5) is 0 Å². The highest BCUT2D eigenvalue weighted by Crippen LogP contribution is 2.28. The quantitative estimate of drug-likeness (QED) is 0.743. The van der Waals surface area contributed by atoms with E-state index in [1.165, 1.54) is 4.31 Å². The number of carbonyl (C=O) groups excluding carboxylic acids is 1. The van der Waals surface area contributed by atoms with Gasteiger partial charge in [0.25, 0.3) is 0 Å². The van der Waals surface area contributed by atoms with Gasteiger partial charge in [0.2, 0.25) is 15.9 Å². The van der Waals surface area contributed by atoms with Crippen LogP contribution in [0.2, 0.25) is 5.02 Å². The molecule has 0 spiro atoms. The summed E-state index contributed by atoms with van der Waals surface area (Å²) < 4.78 is 27.4. The number of piperidine rings is 1. The van der Waals surface area contributed by atoms with Crippen molar-refractivity contribution in [3.05, 3.63) is 28.8 Å². The van der Waals surface area contributed by atoms with Crippen molar-refractivity contribution in [2.75, 3.05) is 26.2 Å². The average molecular weight is 436 g/mol. The van der Waals surface area contributed by atoms with Crippen molar-refractivity contribution >= 4 is 39.9 Å². The molecule has 6 nitrogen and oxygen atoms in total. The minimum Gasteiger partial charge on any atom is -0.354 e. The van der Waals surface area contributed by atoms with Gasteiger partial charge in [-0.25, -0.2) is 8.42 Å². The molecule has 2 heterocycles. The first-order valence-corrected chi connectivity index (χ1v) is 11.0. The average Bonchev–Trinajstić information content (AvgIpc) is 3.14. The van der Waals surface area contributed by atoms with E-state index in [4.69, 9.17) is 11.6 Å². The number of carbonyl (C=O) groups is 1. The Hall–Kier alpha value is -0.860. The molecule has 0 saturated carbocycles. The zero-order chi connectivity index (χ0) is 18.7. The van der Waals surface area contributed by atoms with Gasteiger partial charge < -0.3 is 10.6 Å². The number of nitrogens with zero attached hydrogens (tertiary/aromatic N) is 1. The van der Waals surface area contributed by atoms with Crippen LogP contribution in [0.25, 0.3) is 0 Å². The van der Waals surface area contributed by atoms with Crippen LogP contribution < -0.4 is 10.6 Å². The van der Waals surface area contributed by atoms with E-state index in [0.29, 0.717) is 19.6 Å². The summed E-state index contributed by atoms with van der Waals surface area (Å²) in [6.07, 6.45) is 3.57. The Morgan fingerprint density at radius 3 is 2.78 bits per heavy atom. The van der Waals surface area contributed by atoms with Crippen LogP contribution in [-0.4, -0.2) is 50.9 Å². The lowest BCUT2D eigenvalue weighted by Crippen LogP contribution is -2.46. The van der Waals surface area contributed by atoms with Gasteiger partial charge in [0.1, 0.15) is 4.90 Å². The number of aryl methyl sites for hydroxylation is 1. The predicted molar refractivity (Wildman–Crippen MR) is 109 cm³/mol. The van der Waals surface area contributed by atoms with Crippen LogP contribution in [0.3, 0.4) is 0 Å². The highest BCUT2D eigenvalue weighted by atomic mass is 35.5. The van der Waals surface area contributed by atoms with E-state index < -0.39 is 10.0 Å². The van der Waals surface area contributed by atoms with Crippen LogP contribution in [0.5, 0.6) is 0 Å². The van der Waals surface area contributed by atoms with Gasteiger partial charge in [-0.05, 0) is 62.8 Å². The number of hydrogen-bond acceptors (Lipinski definition) is 4. The first-order valence-electron chi connectivity index (χ1n) is 9.15. The maximum atomic E-state index is 13.0. The Balaban J connectivity index is 0.00000261. The van der Waals surface area contributed by atoms with E-state index in [1.807, 2.05) is 6.92 Å². The van der Waals surface area contributed by atoms with Gasteiger partial charge in [0, 0.05) is 19.6 Å².